The highest BCUT2D eigenvalue weighted by Crippen LogP contribution is 2.28. The molecule has 4 nitrogen and oxygen atoms in total. The van der Waals surface area contributed by atoms with Crippen LogP contribution in [0.1, 0.15) is 18.3 Å². The molecule has 0 saturated carbocycles. The minimum absolute atomic E-state index is 0.201. The molecule has 0 atom stereocenters. The number of aryl methyl sites for hydroxylation is 1. The number of nitrogens with two attached hydrogens (primary N) is 1. The van der Waals surface area contributed by atoms with Crippen molar-refractivity contribution in [1.29, 1.82) is 0 Å². The van der Waals surface area contributed by atoms with Gasteiger partial charge in [0.15, 0.2) is 11.6 Å². The maximum atomic E-state index is 13.6. The standard InChI is InChI=1S/C13H16FN3O/c1-4-18-13-6-12(11(15)5-10(13)14)17-7-16-8(2)9(17)3/h5-7H,4,15H2,1-3H3. The van der Waals surface area contributed by atoms with E-state index in [1.54, 1.807) is 12.4 Å². The number of benzene rings is 1. The second-order valence-electron chi connectivity index (χ2n) is 4.06. The van der Waals surface area contributed by atoms with Gasteiger partial charge in [-0.3, -0.25) is 0 Å². The third-order valence-electron chi connectivity index (χ3n) is 2.89. The van der Waals surface area contributed by atoms with Gasteiger partial charge in [0.25, 0.3) is 0 Å². The number of nitrogens with zero attached hydrogens (tertiary/aromatic N) is 2. The van der Waals surface area contributed by atoms with E-state index in [0.717, 1.165) is 11.4 Å². The number of ether oxygens (including phenoxy) is 1. The summed E-state index contributed by atoms with van der Waals surface area (Å²) >= 11 is 0. The molecule has 2 aromatic rings. The number of hydrogen-bond donors (Lipinski definition) is 1. The van der Waals surface area contributed by atoms with Crippen LogP contribution < -0.4 is 10.5 Å². The molecule has 1 heterocycles. The lowest BCUT2D eigenvalue weighted by molar-refractivity contribution is 0.321. The van der Waals surface area contributed by atoms with Crippen molar-refractivity contribution in [2.75, 3.05) is 12.3 Å². The maximum absolute atomic E-state index is 13.6. The molecule has 0 saturated heterocycles. The Labute approximate surface area is 105 Å². The second-order valence-corrected chi connectivity index (χ2v) is 4.06. The minimum atomic E-state index is -0.451. The van der Waals surface area contributed by atoms with Crippen molar-refractivity contribution in [3.63, 3.8) is 0 Å². The van der Waals surface area contributed by atoms with E-state index in [1.807, 2.05) is 25.3 Å². The van der Waals surface area contributed by atoms with Crippen LogP contribution >= 0.6 is 0 Å². The lowest BCUT2D eigenvalue weighted by Crippen LogP contribution is -2.04. The maximum Gasteiger partial charge on any atom is 0.167 e. The highest BCUT2D eigenvalue weighted by molar-refractivity contribution is 5.61. The van der Waals surface area contributed by atoms with Gasteiger partial charge in [0.05, 0.1) is 30.0 Å². The Kier molecular flexibility index (Phi) is 3.23. The Hall–Kier alpha value is -2.04. The van der Waals surface area contributed by atoms with Gasteiger partial charge in [-0.25, -0.2) is 9.37 Å². The summed E-state index contributed by atoms with van der Waals surface area (Å²) in [5, 5.41) is 0. The van der Waals surface area contributed by atoms with Crippen LogP contribution in [0.5, 0.6) is 5.75 Å². The summed E-state index contributed by atoms with van der Waals surface area (Å²) in [4.78, 5) is 4.20. The molecule has 2 rings (SSSR count). The molecule has 0 aliphatic carbocycles. The molecule has 2 N–H and O–H groups in total. The Morgan fingerprint density at radius 3 is 2.67 bits per heavy atom. The molecular weight excluding hydrogens is 233 g/mol. The van der Waals surface area contributed by atoms with Gasteiger partial charge in [-0.05, 0) is 20.8 Å². The van der Waals surface area contributed by atoms with E-state index in [4.69, 9.17) is 10.5 Å². The first-order valence-electron chi connectivity index (χ1n) is 5.77. The monoisotopic (exact) mass is 249 g/mol. The van der Waals surface area contributed by atoms with Crippen LogP contribution in [0.3, 0.4) is 0 Å². The number of hydrogen-bond acceptors (Lipinski definition) is 3. The topological polar surface area (TPSA) is 53.1 Å². The third-order valence-corrected chi connectivity index (χ3v) is 2.89. The van der Waals surface area contributed by atoms with E-state index in [-0.39, 0.29) is 5.75 Å². The lowest BCUT2D eigenvalue weighted by atomic mass is 10.2. The van der Waals surface area contributed by atoms with E-state index in [2.05, 4.69) is 4.98 Å². The summed E-state index contributed by atoms with van der Waals surface area (Å²) in [5.41, 5.74) is 8.77. The van der Waals surface area contributed by atoms with Gasteiger partial charge in [-0.2, -0.15) is 0 Å². The van der Waals surface area contributed by atoms with E-state index in [9.17, 15) is 4.39 Å². The number of imidazole rings is 1. The lowest BCUT2D eigenvalue weighted by Gasteiger charge is -2.12. The summed E-state index contributed by atoms with van der Waals surface area (Å²) in [6.45, 7) is 6.06. The molecule has 0 aliphatic rings. The van der Waals surface area contributed by atoms with Gasteiger partial charge in [0.2, 0.25) is 0 Å². The van der Waals surface area contributed by atoms with E-state index in [1.165, 1.54) is 6.07 Å². The molecule has 1 aromatic heterocycles. The number of rotatable bonds is 3. The van der Waals surface area contributed by atoms with Gasteiger partial charge in [0, 0.05) is 17.8 Å². The molecule has 0 unspecified atom stereocenters. The summed E-state index contributed by atoms with van der Waals surface area (Å²) < 4.78 is 20.7. The minimum Gasteiger partial charge on any atom is -0.491 e. The zero-order valence-corrected chi connectivity index (χ0v) is 10.7. The molecule has 5 heteroatoms. The summed E-state index contributed by atoms with van der Waals surface area (Å²) in [6, 6.07) is 2.87. The third kappa shape index (κ3) is 2.03. The molecule has 0 aliphatic heterocycles. The van der Waals surface area contributed by atoms with Crippen LogP contribution in [0.25, 0.3) is 5.69 Å². The largest absolute Gasteiger partial charge is 0.491 e. The first kappa shape index (κ1) is 12.4. The van der Waals surface area contributed by atoms with Crippen LogP contribution in [0.15, 0.2) is 18.5 Å². The van der Waals surface area contributed by atoms with E-state index in [0.29, 0.717) is 18.0 Å². The average molecular weight is 249 g/mol. The predicted molar refractivity (Wildman–Crippen MR) is 68.6 cm³/mol. The molecule has 1 aromatic carbocycles. The van der Waals surface area contributed by atoms with Crippen molar-refractivity contribution in [2.45, 2.75) is 20.8 Å². The smallest absolute Gasteiger partial charge is 0.167 e. The van der Waals surface area contributed by atoms with Crippen LogP contribution in [-0.2, 0) is 0 Å². The Bertz CT molecular complexity index is 578. The molecule has 0 fully saturated rings. The summed E-state index contributed by atoms with van der Waals surface area (Å²) in [5.74, 6) is -0.250. The van der Waals surface area contributed by atoms with Crippen molar-refractivity contribution >= 4 is 5.69 Å². The average Bonchev–Trinajstić information content (AvgIpc) is 2.64. The number of nitrogen functional groups attached to an aromatic ring is 1. The van der Waals surface area contributed by atoms with Crippen LogP contribution in [0, 0.1) is 19.7 Å². The first-order valence-corrected chi connectivity index (χ1v) is 5.77. The van der Waals surface area contributed by atoms with Gasteiger partial charge in [-0.1, -0.05) is 0 Å². The van der Waals surface area contributed by atoms with Crippen molar-refractivity contribution in [2.24, 2.45) is 0 Å². The Morgan fingerprint density at radius 2 is 2.11 bits per heavy atom. The van der Waals surface area contributed by atoms with Crippen LogP contribution in [-0.4, -0.2) is 16.2 Å². The first-order chi connectivity index (χ1) is 8.54. The van der Waals surface area contributed by atoms with Crippen molar-refractivity contribution in [3.05, 3.63) is 35.7 Å². The van der Waals surface area contributed by atoms with Crippen LogP contribution in [0.4, 0.5) is 10.1 Å². The number of anilines is 1. The van der Waals surface area contributed by atoms with Gasteiger partial charge < -0.3 is 15.0 Å². The SMILES string of the molecule is CCOc1cc(-n2cnc(C)c2C)c(N)cc1F. The highest BCUT2D eigenvalue weighted by Gasteiger charge is 2.12. The normalized spacial score (nSPS) is 10.7. The molecule has 0 spiro atoms. The van der Waals surface area contributed by atoms with E-state index < -0.39 is 5.82 Å². The fraction of sp³-hybridized carbons (Fsp3) is 0.308. The fourth-order valence-electron chi connectivity index (χ4n) is 1.77. The molecular formula is C13H16FN3O. The zero-order chi connectivity index (χ0) is 13.3. The quantitative estimate of drug-likeness (QED) is 0.851. The Balaban J connectivity index is 2.57. The van der Waals surface area contributed by atoms with Crippen LogP contribution in [0.2, 0.25) is 0 Å². The number of aromatic nitrogens is 2. The van der Waals surface area contributed by atoms with Crippen molar-refractivity contribution in [1.82, 2.24) is 9.55 Å². The molecule has 0 bridgehead atoms. The van der Waals surface area contributed by atoms with Crippen molar-refractivity contribution in [3.8, 4) is 11.4 Å². The predicted octanol–water partition coefficient (Wildman–Crippen LogP) is 2.61. The second kappa shape index (κ2) is 4.68. The summed E-state index contributed by atoms with van der Waals surface area (Å²) in [7, 11) is 0. The highest BCUT2D eigenvalue weighted by atomic mass is 19.1. The molecule has 0 amide bonds. The molecule has 96 valence electrons. The van der Waals surface area contributed by atoms with Crippen molar-refractivity contribution < 1.29 is 9.13 Å². The molecule has 0 radical (unpaired) electrons. The zero-order valence-electron chi connectivity index (χ0n) is 10.7. The number of halogens is 1. The Morgan fingerprint density at radius 1 is 1.39 bits per heavy atom. The van der Waals surface area contributed by atoms with Gasteiger partial charge in [-0.15, -0.1) is 0 Å². The van der Waals surface area contributed by atoms with Gasteiger partial charge >= 0.3 is 0 Å². The van der Waals surface area contributed by atoms with Gasteiger partial charge in [0.1, 0.15) is 0 Å². The summed E-state index contributed by atoms with van der Waals surface area (Å²) in [6.07, 6.45) is 1.67. The molecule has 18 heavy (non-hydrogen) atoms. The van der Waals surface area contributed by atoms with E-state index >= 15 is 0 Å². The fourth-order valence-corrected chi connectivity index (χ4v) is 1.77.